The summed E-state index contributed by atoms with van der Waals surface area (Å²) in [6.45, 7) is 6.27. The maximum Gasteiger partial charge on any atom is 0.335 e. The van der Waals surface area contributed by atoms with Gasteiger partial charge in [-0.25, -0.2) is 4.79 Å². The molecule has 3 nitrogen and oxygen atoms in total. The molecule has 0 N–H and O–H groups in total. The number of hydrogen-bond acceptors (Lipinski definition) is 3. The summed E-state index contributed by atoms with van der Waals surface area (Å²) < 4.78 is 10.3. The Labute approximate surface area is 73.0 Å². The number of carbonyl (C=O) groups excluding carboxylic acids is 1. The van der Waals surface area contributed by atoms with E-state index >= 15 is 0 Å². The van der Waals surface area contributed by atoms with Crippen LogP contribution in [0.5, 0.6) is 0 Å². The lowest BCUT2D eigenvalue weighted by molar-refractivity contribution is -0.165. The van der Waals surface area contributed by atoms with Crippen LogP contribution in [0.4, 0.5) is 0 Å². The molecule has 0 spiro atoms. The Bertz CT molecular complexity index is 163. The van der Waals surface area contributed by atoms with Gasteiger partial charge in [0, 0.05) is 6.61 Å². The second-order valence-corrected chi connectivity index (χ2v) is 4.04. The third kappa shape index (κ3) is 2.81. The van der Waals surface area contributed by atoms with Gasteiger partial charge in [0.25, 0.3) is 0 Å². The minimum atomic E-state index is -0.400. The molecule has 1 aliphatic heterocycles. The maximum atomic E-state index is 11.3. The predicted octanol–water partition coefficient (Wildman–Crippen LogP) is 1.51. The average Bonchev–Trinajstić information content (AvgIpc) is 2.32. The molecule has 0 aromatic rings. The van der Waals surface area contributed by atoms with Crippen LogP contribution in [-0.2, 0) is 14.3 Å². The van der Waals surface area contributed by atoms with Gasteiger partial charge in [0.15, 0.2) is 6.10 Å². The quantitative estimate of drug-likeness (QED) is 0.562. The lowest BCUT2D eigenvalue weighted by Gasteiger charge is -2.21. The number of hydrogen-bond donors (Lipinski definition) is 0. The van der Waals surface area contributed by atoms with Crippen molar-refractivity contribution in [1.29, 1.82) is 0 Å². The lowest BCUT2D eigenvalue weighted by Crippen LogP contribution is -2.31. The van der Waals surface area contributed by atoms with Crippen molar-refractivity contribution in [1.82, 2.24) is 0 Å². The van der Waals surface area contributed by atoms with Crippen LogP contribution in [0.2, 0.25) is 0 Å². The first-order chi connectivity index (χ1) is 5.49. The molecule has 1 heterocycles. The largest absolute Gasteiger partial charge is 0.458 e. The Kier molecular flexibility index (Phi) is 2.73. The van der Waals surface area contributed by atoms with E-state index in [0.29, 0.717) is 6.61 Å². The van der Waals surface area contributed by atoms with Crippen molar-refractivity contribution >= 4 is 5.97 Å². The highest BCUT2D eigenvalue weighted by atomic mass is 16.6. The highest BCUT2D eigenvalue weighted by molar-refractivity contribution is 5.75. The first-order valence-corrected chi connectivity index (χ1v) is 4.33. The van der Waals surface area contributed by atoms with E-state index in [1.807, 2.05) is 20.8 Å². The Morgan fingerprint density at radius 1 is 1.50 bits per heavy atom. The van der Waals surface area contributed by atoms with Gasteiger partial charge in [-0.1, -0.05) is 0 Å². The van der Waals surface area contributed by atoms with Gasteiger partial charge in [0.1, 0.15) is 5.60 Å². The SMILES string of the molecule is CC(C)(C)OC(=O)C1CCCO1. The first kappa shape index (κ1) is 9.52. The van der Waals surface area contributed by atoms with Crippen LogP contribution in [0.25, 0.3) is 0 Å². The van der Waals surface area contributed by atoms with Crippen molar-refractivity contribution in [2.45, 2.75) is 45.3 Å². The van der Waals surface area contributed by atoms with E-state index in [1.165, 1.54) is 0 Å². The van der Waals surface area contributed by atoms with Crippen LogP contribution in [0.15, 0.2) is 0 Å². The molecule has 1 aliphatic rings. The van der Waals surface area contributed by atoms with Crippen LogP contribution >= 0.6 is 0 Å². The number of carbonyl (C=O) groups is 1. The zero-order chi connectivity index (χ0) is 9.19. The van der Waals surface area contributed by atoms with E-state index in [2.05, 4.69) is 0 Å². The fraction of sp³-hybridized carbons (Fsp3) is 0.889. The predicted molar refractivity (Wildman–Crippen MR) is 44.8 cm³/mol. The highest BCUT2D eigenvalue weighted by Gasteiger charge is 2.28. The van der Waals surface area contributed by atoms with E-state index in [-0.39, 0.29) is 12.1 Å². The number of esters is 1. The molecule has 1 saturated heterocycles. The second-order valence-electron chi connectivity index (χ2n) is 4.04. The van der Waals surface area contributed by atoms with Gasteiger partial charge in [-0.05, 0) is 33.6 Å². The molecule has 12 heavy (non-hydrogen) atoms. The van der Waals surface area contributed by atoms with E-state index in [0.717, 1.165) is 12.8 Å². The topological polar surface area (TPSA) is 35.5 Å². The Balaban J connectivity index is 2.37. The second kappa shape index (κ2) is 3.44. The van der Waals surface area contributed by atoms with E-state index in [1.54, 1.807) is 0 Å². The molecule has 1 fully saturated rings. The van der Waals surface area contributed by atoms with Crippen LogP contribution in [0, 0.1) is 0 Å². The fourth-order valence-corrected chi connectivity index (χ4v) is 1.13. The van der Waals surface area contributed by atoms with Crippen molar-refractivity contribution in [3.63, 3.8) is 0 Å². The summed E-state index contributed by atoms with van der Waals surface area (Å²) in [5, 5.41) is 0. The van der Waals surface area contributed by atoms with Crippen molar-refractivity contribution < 1.29 is 14.3 Å². The standard InChI is InChI=1S/C9H16O3/c1-9(2,3)12-8(10)7-5-4-6-11-7/h7H,4-6H2,1-3H3. The minimum absolute atomic E-state index is 0.222. The summed E-state index contributed by atoms with van der Waals surface area (Å²) >= 11 is 0. The van der Waals surface area contributed by atoms with Crippen LogP contribution in [0.3, 0.4) is 0 Å². The van der Waals surface area contributed by atoms with Crippen LogP contribution < -0.4 is 0 Å². The molecule has 3 heteroatoms. The molecule has 1 atom stereocenters. The number of rotatable bonds is 1. The van der Waals surface area contributed by atoms with Gasteiger partial charge in [-0.15, -0.1) is 0 Å². The molecule has 1 rings (SSSR count). The molecule has 0 aromatic carbocycles. The van der Waals surface area contributed by atoms with Crippen LogP contribution in [0.1, 0.15) is 33.6 Å². The summed E-state index contributed by atoms with van der Waals surface area (Å²) in [6, 6.07) is 0. The lowest BCUT2D eigenvalue weighted by atomic mass is 10.2. The summed E-state index contributed by atoms with van der Waals surface area (Å²) in [5.41, 5.74) is -0.400. The Morgan fingerprint density at radius 2 is 2.17 bits per heavy atom. The third-order valence-corrected chi connectivity index (χ3v) is 1.60. The van der Waals surface area contributed by atoms with E-state index < -0.39 is 5.60 Å². The maximum absolute atomic E-state index is 11.3. The van der Waals surface area contributed by atoms with Crippen molar-refractivity contribution in [3.05, 3.63) is 0 Å². The molecule has 70 valence electrons. The molecule has 0 aromatic heterocycles. The molecule has 0 amide bonds. The zero-order valence-electron chi connectivity index (χ0n) is 7.92. The monoisotopic (exact) mass is 172 g/mol. The normalized spacial score (nSPS) is 24.1. The Morgan fingerprint density at radius 3 is 2.58 bits per heavy atom. The van der Waals surface area contributed by atoms with Gasteiger partial charge in [0.2, 0.25) is 0 Å². The van der Waals surface area contributed by atoms with Crippen LogP contribution in [-0.4, -0.2) is 24.3 Å². The molecular formula is C9H16O3. The van der Waals surface area contributed by atoms with Gasteiger partial charge in [-0.2, -0.15) is 0 Å². The number of ether oxygens (including phenoxy) is 2. The summed E-state index contributed by atoms with van der Waals surface area (Å²) in [6.07, 6.45) is 1.45. The summed E-state index contributed by atoms with van der Waals surface area (Å²) in [5.74, 6) is -0.222. The molecule has 0 saturated carbocycles. The molecule has 0 bridgehead atoms. The van der Waals surface area contributed by atoms with Crippen molar-refractivity contribution in [2.24, 2.45) is 0 Å². The van der Waals surface area contributed by atoms with Gasteiger partial charge >= 0.3 is 5.97 Å². The first-order valence-electron chi connectivity index (χ1n) is 4.33. The van der Waals surface area contributed by atoms with Gasteiger partial charge < -0.3 is 9.47 Å². The van der Waals surface area contributed by atoms with Crippen molar-refractivity contribution in [2.75, 3.05) is 6.61 Å². The Hall–Kier alpha value is -0.570. The molecule has 0 radical (unpaired) electrons. The average molecular weight is 172 g/mol. The van der Waals surface area contributed by atoms with Crippen molar-refractivity contribution in [3.8, 4) is 0 Å². The molecule has 0 aliphatic carbocycles. The van der Waals surface area contributed by atoms with Gasteiger partial charge in [-0.3, -0.25) is 0 Å². The van der Waals surface area contributed by atoms with Gasteiger partial charge in [0.05, 0.1) is 0 Å². The minimum Gasteiger partial charge on any atom is -0.458 e. The fourth-order valence-electron chi connectivity index (χ4n) is 1.13. The van der Waals surface area contributed by atoms with E-state index in [4.69, 9.17) is 9.47 Å². The highest BCUT2D eigenvalue weighted by Crippen LogP contribution is 2.17. The zero-order valence-corrected chi connectivity index (χ0v) is 7.92. The molecule has 1 unspecified atom stereocenters. The van der Waals surface area contributed by atoms with E-state index in [9.17, 15) is 4.79 Å². The summed E-state index contributed by atoms with van der Waals surface area (Å²) in [7, 11) is 0. The molecular weight excluding hydrogens is 156 g/mol. The third-order valence-electron chi connectivity index (χ3n) is 1.60. The summed E-state index contributed by atoms with van der Waals surface area (Å²) in [4.78, 5) is 11.3. The smallest absolute Gasteiger partial charge is 0.335 e.